The molecular formula is C28H36Si. The highest BCUT2D eigenvalue weighted by Crippen LogP contribution is 2.47. The molecule has 2 aromatic carbocycles. The molecule has 0 saturated carbocycles. The average molecular weight is 401 g/mol. The van der Waals surface area contributed by atoms with Gasteiger partial charge in [0.05, 0.1) is 0 Å². The minimum Gasteiger partial charge on any atom is -0.0683 e. The molecule has 0 saturated heterocycles. The van der Waals surface area contributed by atoms with Gasteiger partial charge in [-0.25, -0.2) is 0 Å². The predicted molar refractivity (Wildman–Crippen MR) is 131 cm³/mol. The Balaban J connectivity index is 1.80. The molecule has 0 aliphatic heterocycles. The Hall–Kier alpha value is -1.86. The first-order chi connectivity index (χ1) is 14.1. The van der Waals surface area contributed by atoms with Crippen molar-refractivity contribution >= 4 is 19.2 Å². The molecule has 0 heterocycles. The van der Waals surface area contributed by atoms with E-state index in [4.69, 9.17) is 0 Å². The van der Waals surface area contributed by atoms with Gasteiger partial charge in [-0.05, 0) is 71.9 Å². The van der Waals surface area contributed by atoms with E-state index in [1.165, 1.54) is 51.4 Å². The molecule has 0 aromatic heterocycles. The van der Waals surface area contributed by atoms with Crippen molar-refractivity contribution < 1.29 is 0 Å². The van der Waals surface area contributed by atoms with E-state index < -0.39 is 8.07 Å². The van der Waals surface area contributed by atoms with Crippen LogP contribution in [0.4, 0.5) is 0 Å². The summed E-state index contributed by atoms with van der Waals surface area (Å²) < 4.78 is 0. The first-order valence-electron chi connectivity index (χ1n) is 11.7. The summed E-state index contributed by atoms with van der Waals surface area (Å²) in [5.74, 6) is 0. The number of fused-ring (bicyclic) bond motifs is 2. The van der Waals surface area contributed by atoms with Crippen molar-refractivity contribution in [2.45, 2.75) is 78.3 Å². The van der Waals surface area contributed by atoms with Crippen LogP contribution >= 0.6 is 0 Å². The van der Waals surface area contributed by atoms with Crippen LogP contribution in [0.5, 0.6) is 0 Å². The van der Waals surface area contributed by atoms with E-state index in [-0.39, 0.29) is 0 Å². The highest BCUT2D eigenvalue weighted by Gasteiger charge is 2.40. The second-order valence-corrected chi connectivity index (χ2v) is 13.9. The highest BCUT2D eigenvalue weighted by atomic mass is 28.3. The van der Waals surface area contributed by atoms with Gasteiger partial charge < -0.3 is 0 Å². The van der Waals surface area contributed by atoms with Gasteiger partial charge in [-0.15, -0.1) is 0 Å². The molecule has 0 spiro atoms. The van der Waals surface area contributed by atoms with Crippen LogP contribution in [0.3, 0.4) is 0 Å². The average Bonchev–Trinajstić information content (AvgIpc) is 3.30. The van der Waals surface area contributed by atoms with Crippen molar-refractivity contribution in [1.29, 1.82) is 0 Å². The van der Waals surface area contributed by atoms with E-state index in [2.05, 4.69) is 75.5 Å². The van der Waals surface area contributed by atoms with Crippen molar-refractivity contribution in [2.24, 2.45) is 0 Å². The molecule has 0 unspecified atom stereocenters. The second kappa shape index (κ2) is 8.48. The van der Waals surface area contributed by atoms with E-state index in [0.717, 1.165) is 0 Å². The molecular weight excluding hydrogens is 364 g/mol. The van der Waals surface area contributed by atoms with Gasteiger partial charge in [0, 0.05) is 0 Å². The minimum atomic E-state index is -1.70. The number of unbranched alkanes of at least 4 members (excludes halogenated alkanes) is 2. The lowest BCUT2D eigenvalue weighted by Gasteiger charge is -2.30. The molecule has 29 heavy (non-hydrogen) atoms. The highest BCUT2D eigenvalue weighted by molar-refractivity contribution is 6.92. The fraction of sp³-hybridized carbons (Fsp3) is 0.429. The monoisotopic (exact) mass is 400 g/mol. The maximum Gasteiger partial charge on any atom is 0.104 e. The lowest BCUT2D eigenvalue weighted by atomic mass is 10.0. The predicted octanol–water partition coefficient (Wildman–Crippen LogP) is 8.17. The van der Waals surface area contributed by atoms with E-state index >= 15 is 0 Å². The van der Waals surface area contributed by atoms with Gasteiger partial charge in [0.15, 0.2) is 0 Å². The molecule has 0 N–H and O–H groups in total. The maximum atomic E-state index is 2.65. The normalized spacial score (nSPS) is 15.9. The molecule has 0 nitrogen and oxygen atoms in total. The maximum absolute atomic E-state index is 2.65. The Kier molecular flexibility index (Phi) is 5.97. The zero-order chi connectivity index (χ0) is 20.4. The van der Waals surface area contributed by atoms with Crippen molar-refractivity contribution in [3.63, 3.8) is 0 Å². The molecule has 1 heteroatoms. The molecule has 0 bridgehead atoms. The smallest absolute Gasteiger partial charge is 0.0683 e. The minimum absolute atomic E-state index is 1.19. The zero-order valence-electron chi connectivity index (χ0n) is 18.8. The summed E-state index contributed by atoms with van der Waals surface area (Å²) in [5.41, 5.74) is 9.67. The van der Waals surface area contributed by atoms with Gasteiger partial charge in [-0.1, -0.05) is 98.7 Å². The quantitative estimate of drug-likeness (QED) is 0.392. The topological polar surface area (TPSA) is 0 Å². The standard InChI is InChI=1S/C28H36Si/c1-5-7-15-25-23-17-11-9-13-21(23)19-27(25)29(3,4)28-20-22-14-10-12-18-24(22)26(28)16-8-6-2/h9-14,17-18H,5-8,15-16,19-20H2,1-4H3. The Morgan fingerprint density at radius 1 is 0.655 bits per heavy atom. The summed E-state index contributed by atoms with van der Waals surface area (Å²) in [6.07, 6.45) is 10.0. The molecule has 0 amide bonds. The first-order valence-corrected chi connectivity index (χ1v) is 14.7. The largest absolute Gasteiger partial charge is 0.104 e. The molecule has 2 aromatic rings. The number of benzene rings is 2. The Morgan fingerprint density at radius 2 is 1.07 bits per heavy atom. The van der Waals surface area contributed by atoms with Gasteiger partial charge in [0.2, 0.25) is 0 Å². The van der Waals surface area contributed by atoms with Crippen molar-refractivity contribution in [3.05, 3.63) is 81.2 Å². The molecule has 2 aliphatic carbocycles. The lowest BCUT2D eigenvalue weighted by molar-refractivity contribution is 0.823. The second-order valence-electron chi connectivity index (χ2n) is 9.41. The van der Waals surface area contributed by atoms with Gasteiger partial charge in [-0.2, -0.15) is 0 Å². The van der Waals surface area contributed by atoms with E-state index in [1.54, 1.807) is 33.4 Å². The molecule has 0 fully saturated rings. The van der Waals surface area contributed by atoms with Crippen LogP contribution in [0.15, 0.2) is 58.9 Å². The molecule has 152 valence electrons. The van der Waals surface area contributed by atoms with Crippen LogP contribution < -0.4 is 0 Å². The van der Waals surface area contributed by atoms with Crippen molar-refractivity contribution in [1.82, 2.24) is 0 Å². The molecule has 0 atom stereocenters. The first kappa shape index (κ1) is 20.4. The van der Waals surface area contributed by atoms with E-state index in [1.807, 2.05) is 10.4 Å². The molecule has 4 rings (SSSR count). The number of rotatable bonds is 8. The van der Waals surface area contributed by atoms with Gasteiger partial charge in [0.1, 0.15) is 8.07 Å². The van der Waals surface area contributed by atoms with Crippen LogP contribution in [0.2, 0.25) is 13.1 Å². The summed E-state index contributed by atoms with van der Waals surface area (Å²) in [6.45, 7) is 9.94. The fourth-order valence-electron chi connectivity index (χ4n) is 5.51. The Labute approximate surface area is 178 Å². The van der Waals surface area contributed by atoms with Crippen LogP contribution in [0, 0.1) is 0 Å². The van der Waals surface area contributed by atoms with Crippen LogP contribution in [0.25, 0.3) is 11.1 Å². The van der Waals surface area contributed by atoms with Gasteiger partial charge in [-0.3, -0.25) is 0 Å². The van der Waals surface area contributed by atoms with E-state index in [9.17, 15) is 0 Å². The molecule has 0 radical (unpaired) electrons. The van der Waals surface area contributed by atoms with Crippen molar-refractivity contribution in [2.75, 3.05) is 0 Å². The zero-order valence-corrected chi connectivity index (χ0v) is 19.8. The summed E-state index contributed by atoms with van der Waals surface area (Å²) in [6, 6.07) is 18.4. The Morgan fingerprint density at radius 3 is 1.48 bits per heavy atom. The lowest BCUT2D eigenvalue weighted by Crippen LogP contribution is -2.34. The summed E-state index contributed by atoms with van der Waals surface area (Å²) in [5, 5.41) is 3.65. The summed E-state index contributed by atoms with van der Waals surface area (Å²) in [4.78, 5) is 0. The third-order valence-corrected chi connectivity index (χ3v) is 11.2. The summed E-state index contributed by atoms with van der Waals surface area (Å²) >= 11 is 0. The summed E-state index contributed by atoms with van der Waals surface area (Å²) in [7, 11) is -1.70. The van der Waals surface area contributed by atoms with Crippen LogP contribution in [-0.4, -0.2) is 8.07 Å². The van der Waals surface area contributed by atoms with E-state index in [0.29, 0.717) is 0 Å². The van der Waals surface area contributed by atoms with Gasteiger partial charge >= 0.3 is 0 Å². The number of hydrogen-bond acceptors (Lipinski definition) is 0. The van der Waals surface area contributed by atoms with Crippen molar-refractivity contribution in [3.8, 4) is 0 Å². The molecule has 2 aliphatic rings. The van der Waals surface area contributed by atoms with Crippen LogP contribution in [0.1, 0.15) is 74.6 Å². The third kappa shape index (κ3) is 3.70. The SMILES string of the molecule is CCCCC1=C([Si](C)(C)C2=C(CCCC)c3ccccc3C2)Cc2ccccc21. The van der Waals surface area contributed by atoms with Gasteiger partial charge in [0.25, 0.3) is 0 Å². The third-order valence-electron chi connectivity index (χ3n) is 7.22. The fourth-order valence-corrected chi connectivity index (χ4v) is 9.17. The van der Waals surface area contributed by atoms with Crippen LogP contribution in [-0.2, 0) is 12.8 Å². The number of allylic oxidation sites excluding steroid dienone is 4. The number of hydrogen-bond donors (Lipinski definition) is 0. The Bertz CT molecular complexity index is 880.